The minimum absolute atomic E-state index is 0.302. The minimum Gasteiger partial charge on any atom is -0.299 e. The van der Waals surface area contributed by atoms with Crippen molar-refractivity contribution in [2.45, 2.75) is 39.3 Å². The second-order valence-electron chi connectivity index (χ2n) is 4.83. The molecule has 0 spiro atoms. The molecule has 1 rings (SSSR count). The lowest BCUT2D eigenvalue weighted by Crippen LogP contribution is -2.31. The lowest BCUT2D eigenvalue weighted by atomic mass is 10.1. The predicted octanol–water partition coefficient (Wildman–Crippen LogP) is 2.05. The van der Waals surface area contributed by atoms with Gasteiger partial charge in [0.1, 0.15) is 5.82 Å². The van der Waals surface area contributed by atoms with Crippen LogP contribution in [0.3, 0.4) is 0 Å². The molecule has 0 radical (unpaired) electrons. The summed E-state index contributed by atoms with van der Waals surface area (Å²) in [5.74, 6) is 4.36. The zero-order valence-corrected chi connectivity index (χ0v) is 11.7. The zero-order chi connectivity index (χ0) is 14.4. The molecule has 4 nitrogen and oxygen atoms in total. The lowest BCUT2D eigenvalue weighted by molar-refractivity contribution is 0.0953. The molecule has 0 heterocycles. The molecule has 0 fully saturated rings. The SMILES string of the molecule is CCCC(C)N(C)Cc1cc(C(=O)NN)ccc1F. The summed E-state index contributed by atoms with van der Waals surface area (Å²) in [7, 11) is 1.95. The monoisotopic (exact) mass is 267 g/mol. The molecule has 19 heavy (non-hydrogen) atoms. The standard InChI is InChI=1S/C14H22FN3O/c1-4-5-10(2)18(3)9-12-8-11(14(19)17-16)6-7-13(12)15/h6-8,10H,4-5,9,16H2,1-3H3,(H,17,19). The number of hydrogen-bond donors (Lipinski definition) is 2. The molecule has 3 N–H and O–H groups in total. The highest BCUT2D eigenvalue weighted by atomic mass is 19.1. The van der Waals surface area contributed by atoms with Crippen molar-refractivity contribution in [3.63, 3.8) is 0 Å². The summed E-state index contributed by atoms with van der Waals surface area (Å²) in [5, 5.41) is 0. The summed E-state index contributed by atoms with van der Waals surface area (Å²) < 4.78 is 13.8. The van der Waals surface area contributed by atoms with Gasteiger partial charge in [-0.05, 0) is 38.6 Å². The van der Waals surface area contributed by atoms with Crippen molar-refractivity contribution in [2.24, 2.45) is 5.84 Å². The molecule has 0 saturated carbocycles. The Morgan fingerprint density at radius 3 is 2.79 bits per heavy atom. The molecule has 1 aromatic carbocycles. The molecule has 1 aromatic rings. The Labute approximate surface area is 113 Å². The fourth-order valence-electron chi connectivity index (χ4n) is 1.98. The van der Waals surface area contributed by atoms with Crippen molar-refractivity contribution in [1.82, 2.24) is 10.3 Å². The van der Waals surface area contributed by atoms with Crippen LogP contribution in [0, 0.1) is 5.82 Å². The summed E-state index contributed by atoms with van der Waals surface area (Å²) >= 11 is 0. The third-order valence-corrected chi connectivity index (χ3v) is 3.32. The molecule has 1 atom stereocenters. The number of halogens is 1. The first-order chi connectivity index (χ1) is 8.99. The highest BCUT2D eigenvalue weighted by Gasteiger charge is 2.13. The fraction of sp³-hybridized carbons (Fsp3) is 0.500. The van der Waals surface area contributed by atoms with E-state index in [4.69, 9.17) is 5.84 Å². The molecular formula is C14H22FN3O. The van der Waals surface area contributed by atoms with E-state index < -0.39 is 5.91 Å². The van der Waals surface area contributed by atoms with Crippen molar-refractivity contribution >= 4 is 5.91 Å². The molecular weight excluding hydrogens is 245 g/mol. The number of hydrogen-bond acceptors (Lipinski definition) is 3. The number of nitrogens with two attached hydrogens (primary N) is 1. The molecule has 106 valence electrons. The molecule has 5 heteroatoms. The van der Waals surface area contributed by atoms with E-state index in [1.165, 1.54) is 12.1 Å². The van der Waals surface area contributed by atoms with Gasteiger partial charge in [0, 0.05) is 23.7 Å². The maximum Gasteiger partial charge on any atom is 0.265 e. The third-order valence-electron chi connectivity index (χ3n) is 3.32. The first-order valence-corrected chi connectivity index (χ1v) is 6.49. The van der Waals surface area contributed by atoms with Gasteiger partial charge >= 0.3 is 0 Å². The van der Waals surface area contributed by atoms with Crippen molar-refractivity contribution < 1.29 is 9.18 Å². The maximum absolute atomic E-state index is 13.8. The predicted molar refractivity (Wildman–Crippen MR) is 73.9 cm³/mol. The number of nitrogens with one attached hydrogen (secondary N) is 1. The van der Waals surface area contributed by atoms with Crippen LogP contribution < -0.4 is 11.3 Å². The van der Waals surface area contributed by atoms with Gasteiger partial charge in [-0.1, -0.05) is 13.3 Å². The summed E-state index contributed by atoms with van der Waals surface area (Å²) in [6, 6.07) is 4.65. The van der Waals surface area contributed by atoms with Crippen LogP contribution >= 0.6 is 0 Å². The van der Waals surface area contributed by atoms with E-state index in [9.17, 15) is 9.18 Å². The number of nitrogens with zero attached hydrogens (tertiary/aromatic N) is 1. The van der Waals surface area contributed by atoms with E-state index >= 15 is 0 Å². The van der Waals surface area contributed by atoms with Crippen LogP contribution in [0.4, 0.5) is 4.39 Å². The Hall–Kier alpha value is -1.46. The number of nitrogen functional groups attached to an aromatic ring is 1. The highest BCUT2D eigenvalue weighted by molar-refractivity contribution is 5.93. The average molecular weight is 267 g/mol. The van der Waals surface area contributed by atoms with Gasteiger partial charge in [-0.15, -0.1) is 0 Å². The first kappa shape index (κ1) is 15.6. The van der Waals surface area contributed by atoms with E-state index in [0.717, 1.165) is 12.8 Å². The van der Waals surface area contributed by atoms with Gasteiger partial charge in [-0.25, -0.2) is 10.2 Å². The molecule has 1 unspecified atom stereocenters. The molecule has 0 aliphatic carbocycles. The Kier molecular flexibility index (Phi) is 5.92. The Bertz CT molecular complexity index is 437. The lowest BCUT2D eigenvalue weighted by Gasteiger charge is -2.24. The molecule has 0 aliphatic rings. The second kappa shape index (κ2) is 7.21. The summed E-state index contributed by atoms with van der Waals surface area (Å²) in [4.78, 5) is 13.5. The normalized spacial score (nSPS) is 12.5. The van der Waals surface area contributed by atoms with Crippen molar-refractivity contribution in [3.05, 3.63) is 35.1 Å². The van der Waals surface area contributed by atoms with E-state index in [1.54, 1.807) is 6.07 Å². The van der Waals surface area contributed by atoms with Gasteiger partial charge in [-0.2, -0.15) is 0 Å². The maximum atomic E-state index is 13.8. The van der Waals surface area contributed by atoms with Gasteiger partial charge in [-0.3, -0.25) is 15.1 Å². The quantitative estimate of drug-likeness (QED) is 0.471. The van der Waals surface area contributed by atoms with E-state index in [0.29, 0.717) is 23.7 Å². The van der Waals surface area contributed by atoms with Crippen LogP contribution in [0.2, 0.25) is 0 Å². The third kappa shape index (κ3) is 4.29. The Balaban J connectivity index is 2.85. The van der Waals surface area contributed by atoms with Crippen LogP contribution in [0.1, 0.15) is 42.6 Å². The van der Waals surface area contributed by atoms with Crippen molar-refractivity contribution in [1.29, 1.82) is 0 Å². The van der Waals surface area contributed by atoms with E-state index in [2.05, 4.69) is 18.7 Å². The molecule has 0 saturated heterocycles. The number of rotatable bonds is 6. The van der Waals surface area contributed by atoms with Crippen LogP contribution in [-0.2, 0) is 6.54 Å². The highest BCUT2D eigenvalue weighted by Crippen LogP contribution is 2.15. The average Bonchev–Trinajstić information content (AvgIpc) is 2.40. The topological polar surface area (TPSA) is 58.4 Å². The van der Waals surface area contributed by atoms with Crippen LogP contribution in [0.5, 0.6) is 0 Å². The number of hydrazine groups is 1. The van der Waals surface area contributed by atoms with Gasteiger partial charge in [0.25, 0.3) is 5.91 Å². The first-order valence-electron chi connectivity index (χ1n) is 6.49. The summed E-state index contributed by atoms with van der Waals surface area (Å²) in [6.45, 7) is 4.70. The number of amides is 1. The largest absolute Gasteiger partial charge is 0.299 e. The van der Waals surface area contributed by atoms with E-state index in [-0.39, 0.29) is 5.82 Å². The summed E-state index contributed by atoms with van der Waals surface area (Å²) in [5.41, 5.74) is 2.93. The van der Waals surface area contributed by atoms with Crippen LogP contribution in [0.15, 0.2) is 18.2 Å². The smallest absolute Gasteiger partial charge is 0.265 e. The molecule has 0 aromatic heterocycles. The summed E-state index contributed by atoms with van der Waals surface area (Å²) in [6.07, 6.45) is 2.14. The fourth-order valence-corrected chi connectivity index (χ4v) is 1.98. The van der Waals surface area contributed by atoms with E-state index in [1.807, 2.05) is 12.5 Å². The van der Waals surface area contributed by atoms with Crippen molar-refractivity contribution in [2.75, 3.05) is 7.05 Å². The van der Waals surface area contributed by atoms with Crippen LogP contribution in [0.25, 0.3) is 0 Å². The van der Waals surface area contributed by atoms with Gasteiger partial charge < -0.3 is 0 Å². The van der Waals surface area contributed by atoms with Gasteiger partial charge in [0.15, 0.2) is 0 Å². The Morgan fingerprint density at radius 1 is 1.53 bits per heavy atom. The Morgan fingerprint density at radius 2 is 2.21 bits per heavy atom. The van der Waals surface area contributed by atoms with Gasteiger partial charge in [0.05, 0.1) is 0 Å². The molecule has 0 aliphatic heterocycles. The number of benzene rings is 1. The molecule has 0 bridgehead atoms. The number of carbonyl (C=O) groups excluding carboxylic acids is 1. The van der Waals surface area contributed by atoms with Crippen LogP contribution in [-0.4, -0.2) is 23.9 Å². The van der Waals surface area contributed by atoms with Gasteiger partial charge in [0.2, 0.25) is 0 Å². The minimum atomic E-state index is -0.412. The second-order valence-corrected chi connectivity index (χ2v) is 4.83. The zero-order valence-electron chi connectivity index (χ0n) is 11.7. The molecule has 1 amide bonds. The van der Waals surface area contributed by atoms with Crippen molar-refractivity contribution in [3.8, 4) is 0 Å². The number of carbonyl (C=O) groups is 1.